The molecule has 0 N–H and O–H groups in total. The first-order chi connectivity index (χ1) is 8.97. The molecule has 98 valence electrons. The average Bonchev–Trinajstić information content (AvgIpc) is 2.36. The maximum absolute atomic E-state index is 13.6. The molecule has 2 aromatic carbocycles. The number of hydrogen-bond acceptors (Lipinski definition) is 1. The monoisotopic (exact) mass is 372 g/mol. The summed E-state index contributed by atoms with van der Waals surface area (Å²) < 4.78 is 27.8. The third kappa shape index (κ3) is 3.37. The van der Waals surface area contributed by atoms with Crippen molar-refractivity contribution in [2.45, 2.75) is 13.3 Å². The molecule has 0 saturated carbocycles. The van der Waals surface area contributed by atoms with Crippen LogP contribution in [0, 0.1) is 22.1 Å². The Bertz CT molecular complexity index is 621. The van der Waals surface area contributed by atoms with Crippen molar-refractivity contribution in [2.75, 3.05) is 0 Å². The molecule has 0 aliphatic carbocycles. The Kier molecular flexibility index (Phi) is 4.29. The van der Waals surface area contributed by atoms with Gasteiger partial charge in [-0.05, 0) is 58.8 Å². The molecule has 0 radical (unpaired) electrons. The third-order valence-electron chi connectivity index (χ3n) is 2.83. The highest BCUT2D eigenvalue weighted by Crippen LogP contribution is 2.17. The Morgan fingerprint density at radius 1 is 1.11 bits per heavy atom. The Hall–Kier alpha value is -1.30. The molecule has 0 aliphatic rings. The molecule has 0 bridgehead atoms. The van der Waals surface area contributed by atoms with Crippen LogP contribution in [0.2, 0.25) is 0 Å². The van der Waals surface area contributed by atoms with Gasteiger partial charge in [0, 0.05) is 16.1 Å². The smallest absolute Gasteiger partial charge is 0.170 e. The minimum absolute atomic E-state index is 0.0579. The van der Waals surface area contributed by atoms with Gasteiger partial charge in [-0.1, -0.05) is 12.1 Å². The highest BCUT2D eigenvalue weighted by molar-refractivity contribution is 14.1. The zero-order chi connectivity index (χ0) is 14.0. The Morgan fingerprint density at radius 3 is 2.37 bits per heavy atom. The van der Waals surface area contributed by atoms with Gasteiger partial charge in [0.2, 0.25) is 0 Å². The van der Waals surface area contributed by atoms with Crippen molar-refractivity contribution in [1.29, 1.82) is 0 Å². The van der Waals surface area contributed by atoms with Gasteiger partial charge < -0.3 is 0 Å². The van der Waals surface area contributed by atoms with E-state index in [2.05, 4.69) is 22.6 Å². The first kappa shape index (κ1) is 14.1. The molecular weight excluding hydrogens is 361 g/mol. The molecule has 0 unspecified atom stereocenters. The minimum atomic E-state index is -0.807. The first-order valence-electron chi connectivity index (χ1n) is 5.70. The van der Waals surface area contributed by atoms with E-state index in [1.165, 1.54) is 13.0 Å². The van der Waals surface area contributed by atoms with Gasteiger partial charge in [-0.3, -0.25) is 4.79 Å². The van der Waals surface area contributed by atoms with Gasteiger partial charge in [-0.2, -0.15) is 0 Å². The van der Waals surface area contributed by atoms with E-state index in [9.17, 15) is 13.6 Å². The molecule has 19 heavy (non-hydrogen) atoms. The highest BCUT2D eigenvalue weighted by atomic mass is 127. The predicted octanol–water partition coefficient (Wildman–Crippen LogP) is 4.30. The van der Waals surface area contributed by atoms with Gasteiger partial charge in [-0.15, -0.1) is 0 Å². The van der Waals surface area contributed by atoms with E-state index >= 15 is 0 Å². The molecule has 0 aliphatic heterocycles. The van der Waals surface area contributed by atoms with Crippen LogP contribution in [0.3, 0.4) is 0 Å². The lowest BCUT2D eigenvalue weighted by molar-refractivity contribution is 0.0989. The van der Waals surface area contributed by atoms with Crippen LogP contribution >= 0.6 is 22.6 Å². The molecule has 0 saturated heterocycles. The fraction of sp³-hybridized carbons (Fsp3) is 0.133. The van der Waals surface area contributed by atoms with Crippen molar-refractivity contribution in [1.82, 2.24) is 0 Å². The number of carbonyl (C=O) groups is 1. The molecule has 0 fully saturated rings. The average molecular weight is 372 g/mol. The standard InChI is InChI=1S/C15H11F2IO/c1-9-6-12(14(17)8-13(9)16)15(19)7-10-2-4-11(18)5-3-10/h2-6,8H,7H2,1H3. The topological polar surface area (TPSA) is 17.1 Å². The predicted molar refractivity (Wildman–Crippen MR) is 78.3 cm³/mol. The summed E-state index contributed by atoms with van der Waals surface area (Å²) in [5.74, 6) is -1.79. The van der Waals surface area contributed by atoms with E-state index in [1.807, 2.05) is 24.3 Å². The molecule has 0 heterocycles. The van der Waals surface area contributed by atoms with Crippen molar-refractivity contribution in [3.05, 3.63) is 68.3 Å². The quantitative estimate of drug-likeness (QED) is 0.580. The molecule has 0 aromatic heterocycles. The molecule has 4 heteroatoms. The van der Waals surface area contributed by atoms with Crippen LogP contribution in [0.15, 0.2) is 36.4 Å². The number of carbonyl (C=O) groups excluding carboxylic acids is 1. The maximum atomic E-state index is 13.6. The van der Waals surface area contributed by atoms with Crippen molar-refractivity contribution < 1.29 is 13.6 Å². The summed E-state index contributed by atoms with van der Waals surface area (Å²) in [7, 11) is 0. The van der Waals surface area contributed by atoms with E-state index in [4.69, 9.17) is 0 Å². The second kappa shape index (κ2) is 5.77. The fourth-order valence-electron chi connectivity index (χ4n) is 1.75. The summed E-state index contributed by atoms with van der Waals surface area (Å²) >= 11 is 2.17. The number of halogens is 3. The van der Waals surface area contributed by atoms with Crippen LogP contribution < -0.4 is 0 Å². The number of aryl methyl sites for hydroxylation is 1. The largest absolute Gasteiger partial charge is 0.294 e. The normalized spacial score (nSPS) is 10.5. The fourth-order valence-corrected chi connectivity index (χ4v) is 2.11. The number of rotatable bonds is 3. The van der Waals surface area contributed by atoms with E-state index in [0.717, 1.165) is 15.2 Å². The van der Waals surface area contributed by atoms with Gasteiger partial charge in [0.15, 0.2) is 5.78 Å². The Morgan fingerprint density at radius 2 is 1.74 bits per heavy atom. The Labute approximate surface area is 123 Å². The summed E-state index contributed by atoms with van der Waals surface area (Å²) in [6.07, 6.45) is 0.110. The van der Waals surface area contributed by atoms with E-state index in [-0.39, 0.29) is 23.3 Å². The summed E-state index contributed by atoms with van der Waals surface area (Å²) in [4.78, 5) is 12.0. The lowest BCUT2D eigenvalue weighted by Crippen LogP contribution is -2.07. The molecule has 0 spiro atoms. The van der Waals surface area contributed by atoms with Gasteiger partial charge >= 0.3 is 0 Å². The minimum Gasteiger partial charge on any atom is -0.294 e. The zero-order valence-corrected chi connectivity index (χ0v) is 12.4. The number of ketones is 1. The summed E-state index contributed by atoms with van der Waals surface area (Å²) in [6, 6.07) is 9.45. The summed E-state index contributed by atoms with van der Waals surface area (Å²) in [5.41, 5.74) is 1.02. The zero-order valence-electron chi connectivity index (χ0n) is 10.2. The summed E-state index contributed by atoms with van der Waals surface area (Å²) in [6.45, 7) is 1.51. The number of Topliss-reactive ketones (excluding diaryl/α,β-unsaturated/α-hetero) is 1. The van der Waals surface area contributed by atoms with Crippen molar-refractivity contribution in [3.8, 4) is 0 Å². The van der Waals surface area contributed by atoms with Crippen LogP contribution in [0.4, 0.5) is 8.78 Å². The number of hydrogen-bond donors (Lipinski definition) is 0. The second-order valence-corrected chi connectivity index (χ2v) is 5.55. The molecular formula is C15H11F2IO. The molecule has 2 rings (SSSR count). The maximum Gasteiger partial charge on any atom is 0.170 e. The molecule has 0 atom stereocenters. The van der Waals surface area contributed by atoms with Crippen molar-refractivity contribution >= 4 is 28.4 Å². The lowest BCUT2D eigenvalue weighted by atomic mass is 10.0. The third-order valence-corrected chi connectivity index (χ3v) is 3.55. The van der Waals surface area contributed by atoms with Gasteiger partial charge in [0.1, 0.15) is 11.6 Å². The molecule has 2 aromatic rings. The van der Waals surface area contributed by atoms with Crippen LogP contribution in [-0.4, -0.2) is 5.78 Å². The highest BCUT2D eigenvalue weighted by Gasteiger charge is 2.14. The van der Waals surface area contributed by atoms with Gasteiger partial charge in [0.25, 0.3) is 0 Å². The van der Waals surface area contributed by atoms with Gasteiger partial charge in [0.05, 0.1) is 5.56 Å². The lowest BCUT2D eigenvalue weighted by Gasteiger charge is -2.05. The van der Waals surface area contributed by atoms with E-state index in [0.29, 0.717) is 0 Å². The Balaban J connectivity index is 2.25. The SMILES string of the molecule is Cc1cc(C(=O)Cc2ccc(I)cc2)c(F)cc1F. The van der Waals surface area contributed by atoms with E-state index in [1.54, 1.807) is 0 Å². The molecule has 0 amide bonds. The summed E-state index contributed by atoms with van der Waals surface area (Å²) in [5, 5.41) is 0. The van der Waals surface area contributed by atoms with Crippen LogP contribution in [-0.2, 0) is 6.42 Å². The van der Waals surface area contributed by atoms with Crippen LogP contribution in [0.1, 0.15) is 21.5 Å². The number of benzene rings is 2. The van der Waals surface area contributed by atoms with E-state index < -0.39 is 11.6 Å². The van der Waals surface area contributed by atoms with Gasteiger partial charge in [-0.25, -0.2) is 8.78 Å². The van der Waals surface area contributed by atoms with Crippen LogP contribution in [0.25, 0.3) is 0 Å². The first-order valence-corrected chi connectivity index (χ1v) is 6.78. The van der Waals surface area contributed by atoms with Crippen molar-refractivity contribution in [3.63, 3.8) is 0 Å². The second-order valence-electron chi connectivity index (χ2n) is 4.31. The van der Waals surface area contributed by atoms with Crippen LogP contribution in [0.5, 0.6) is 0 Å². The van der Waals surface area contributed by atoms with Crippen molar-refractivity contribution in [2.24, 2.45) is 0 Å². The molecule has 1 nitrogen and oxygen atoms in total.